The number of nitrogens with one attached hydrogen (secondary N) is 1. The maximum absolute atomic E-state index is 13.8. The molecule has 1 heterocycles. The predicted octanol–water partition coefficient (Wildman–Crippen LogP) is 2.07. The molecular weight excluding hydrogens is 181 g/mol. The lowest BCUT2D eigenvalue weighted by Gasteiger charge is -2.06. The number of nitrogens with zero attached hydrogens (tertiary/aromatic N) is 2. The minimum absolute atomic E-state index is 0.234. The Labute approximate surface area is 81.8 Å². The minimum Gasteiger partial charge on any atom is -0.365 e. The number of anilines is 1. The van der Waals surface area contributed by atoms with Gasteiger partial charge in [-0.05, 0) is 25.7 Å². The molecule has 0 bridgehead atoms. The van der Waals surface area contributed by atoms with Crippen molar-refractivity contribution in [1.29, 1.82) is 0 Å². The first-order valence-corrected chi connectivity index (χ1v) is 5.11. The summed E-state index contributed by atoms with van der Waals surface area (Å²) in [6, 6.07) is 0.437. The maximum Gasteiger partial charge on any atom is 0.187 e. The number of aromatic nitrogens is 2. The zero-order chi connectivity index (χ0) is 9.54. The second kappa shape index (κ2) is 2.90. The number of halogens is 1. The molecule has 14 heavy (non-hydrogen) atoms. The Bertz CT molecular complexity index is 358. The van der Waals surface area contributed by atoms with E-state index in [1.54, 1.807) is 0 Å². The van der Waals surface area contributed by atoms with Gasteiger partial charge in [-0.3, -0.25) is 0 Å². The maximum atomic E-state index is 13.8. The van der Waals surface area contributed by atoms with Gasteiger partial charge in [0.1, 0.15) is 6.33 Å². The van der Waals surface area contributed by atoms with Crippen LogP contribution in [-0.4, -0.2) is 16.0 Å². The normalized spacial score (nSPS) is 20.9. The van der Waals surface area contributed by atoms with Gasteiger partial charge in [-0.2, -0.15) is 0 Å². The van der Waals surface area contributed by atoms with Gasteiger partial charge in [-0.1, -0.05) is 0 Å². The molecule has 0 radical (unpaired) electrons. The summed E-state index contributed by atoms with van der Waals surface area (Å²) in [5, 5.41) is 3.08. The fourth-order valence-electron chi connectivity index (χ4n) is 1.55. The van der Waals surface area contributed by atoms with E-state index in [9.17, 15) is 4.39 Å². The van der Waals surface area contributed by atoms with Crippen LogP contribution in [0.5, 0.6) is 0 Å². The van der Waals surface area contributed by atoms with E-state index in [0.717, 1.165) is 25.7 Å². The SMILES string of the molecule is Fc1c(NC2CC2)ncnc1C1CC1. The molecule has 0 amide bonds. The van der Waals surface area contributed by atoms with Crippen LogP contribution in [0.2, 0.25) is 0 Å². The first-order chi connectivity index (χ1) is 6.84. The van der Waals surface area contributed by atoms with Crippen molar-refractivity contribution in [2.24, 2.45) is 0 Å². The van der Waals surface area contributed by atoms with Crippen LogP contribution in [0.4, 0.5) is 10.2 Å². The molecule has 0 saturated heterocycles. The van der Waals surface area contributed by atoms with Crippen LogP contribution in [0.3, 0.4) is 0 Å². The zero-order valence-electron chi connectivity index (χ0n) is 7.83. The van der Waals surface area contributed by atoms with Crippen LogP contribution < -0.4 is 5.32 Å². The molecule has 0 spiro atoms. The Hall–Kier alpha value is -1.19. The van der Waals surface area contributed by atoms with Crippen molar-refractivity contribution >= 4 is 5.82 Å². The summed E-state index contributed by atoms with van der Waals surface area (Å²) in [5.41, 5.74) is 0.600. The van der Waals surface area contributed by atoms with E-state index in [1.807, 2.05) is 0 Å². The Balaban J connectivity index is 1.89. The third-order valence-corrected chi connectivity index (χ3v) is 2.70. The summed E-state index contributed by atoms with van der Waals surface area (Å²) in [6.07, 6.45) is 5.85. The van der Waals surface area contributed by atoms with Crippen molar-refractivity contribution in [2.75, 3.05) is 5.32 Å². The summed E-state index contributed by atoms with van der Waals surface area (Å²) in [7, 11) is 0. The number of hydrogen-bond donors (Lipinski definition) is 1. The molecule has 0 unspecified atom stereocenters. The highest BCUT2D eigenvalue weighted by Gasteiger charge is 2.31. The van der Waals surface area contributed by atoms with E-state index in [0.29, 0.717) is 23.5 Å². The van der Waals surface area contributed by atoms with E-state index >= 15 is 0 Å². The fourth-order valence-corrected chi connectivity index (χ4v) is 1.55. The first-order valence-electron chi connectivity index (χ1n) is 5.11. The Kier molecular flexibility index (Phi) is 1.69. The monoisotopic (exact) mass is 193 g/mol. The molecule has 74 valence electrons. The molecule has 0 aliphatic heterocycles. The number of rotatable bonds is 3. The Morgan fingerprint density at radius 1 is 1.21 bits per heavy atom. The van der Waals surface area contributed by atoms with E-state index in [2.05, 4.69) is 15.3 Å². The van der Waals surface area contributed by atoms with Crippen LogP contribution in [0.25, 0.3) is 0 Å². The van der Waals surface area contributed by atoms with Gasteiger partial charge < -0.3 is 5.32 Å². The molecule has 2 aliphatic rings. The van der Waals surface area contributed by atoms with Crippen molar-refractivity contribution < 1.29 is 4.39 Å². The summed E-state index contributed by atoms with van der Waals surface area (Å²) >= 11 is 0. The van der Waals surface area contributed by atoms with Gasteiger partial charge in [0, 0.05) is 12.0 Å². The average Bonchev–Trinajstić information content (AvgIpc) is 3.00. The van der Waals surface area contributed by atoms with Crippen LogP contribution in [0.15, 0.2) is 6.33 Å². The van der Waals surface area contributed by atoms with Gasteiger partial charge in [-0.25, -0.2) is 14.4 Å². The Morgan fingerprint density at radius 2 is 2.00 bits per heavy atom. The van der Waals surface area contributed by atoms with Crippen molar-refractivity contribution in [3.05, 3.63) is 17.8 Å². The largest absolute Gasteiger partial charge is 0.365 e. The van der Waals surface area contributed by atoms with Gasteiger partial charge in [0.2, 0.25) is 0 Å². The highest BCUT2D eigenvalue weighted by molar-refractivity contribution is 5.41. The molecule has 1 aromatic heterocycles. The summed E-state index contributed by atoms with van der Waals surface area (Å²) in [4.78, 5) is 7.93. The van der Waals surface area contributed by atoms with Gasteiger partial charge in [0.15, 0.2) is 11.6 Å². The summed E-state index contributed by atoms with van der Waals surface area (Å²) in [5.74, 6) is 0.504. The van der Waals surface area contributed by atoms with Crippen molar-refractivity contribution in [3.63, 3.8) is 0 Å². The smallest absolute Gasteiger partial charge is 0.187 e. The van der Waals surface area contributed by atoms with Gasteiger partial charge >= 0.3 is 0 Å². The highest BCUT2D eigenvalue weighted by atomic mass is 19.1. The van der Waals surface area contributed by atoms with Gasteiger partial charge in [0.05, 0.1) is 5.69 Å². The van der Waals surface area contributed by atoms with Crippen LogP contribution >= 0.6 is 0 Å². The molecule has 0 aromatic carbocycles. The lowest BCUT2D eigenvalue weighted by atomic mass is 10.2. The highest BCUT2D eigenvalue weighted by Crippen LogP contribution is 2.41. The van der Waals surface area contributed by atoms with Gasteiger partial charge in [0.25, 0.3) is 0 Å². The predicted molar refractivity (Wildman–Crippen MR) is 50.6 cm³/mol. The van der Waals surface area contributed by atoms with E-state index in [-0.39, 0.29) is 5.82 Å². The molecule has 2 fully saturated rings. The first kappa shape index (κ1) is 8.15. The average molecular weight is 193 g/mol. The van der Waals surface area contributed by atoms with Crippen LogP contribution in [0.1, 0.15) is 37.3 Å². The quantitative estimate of drug-likeness (QED) is 0.798. The third-order valence-electron chi connectivity index (χ3n) is 2.70. The molecule has 3 rings (SSSR count). The summed E-state index contributed by atoms with van der Waals surface area (Å²) < 4.78 is 13.8. The van der Waals surface area contributed by atoms with E-state index < -0.39 is 0 Å². The molecule has 0 atom stereocenters. The second-order valence-corrected chi connectivity index (χ2v) is 4.11. The van der Waals surface area contributed by atoms with Gasteiger partial charge in [-0.15, -0.1) is 0 Å². The molecule has 3 nitrogen and oxygen atoms in total. The molecule has 4 heteroatoms. The van der Waals surface area contributed by atoms with Crippen LogP contribution in [-0.2, 0) is 0 Å². The lowest BCUT2D eigenvalue weighted by molar-refractivity contribution is 0.595. The molecule has 2 saturated carbocycles. The second-order valence-electron chi connectivity index (χ2n) is 4.11. The van der Waals surface area contributed by atoms with E-state index in [1.165, 1.54) is 6.33 Å². The molecule has 1 N–H and O–H groups in total. The third kappa shape index (κ3) is 1.45. The standard InChI is InChI=1S/C10H12FN3/c11-8-9(6-1-2-6)12-5-13-10(8)14-7-3-4-7/h5-7H,1-4H2,(H,12,13,14). The molecule has 1 aromatic rings. The summed E-state index contributed by atoms with van der Waals surface area (Å²) in [6.45, 7) is 0. The topological polar surface area (TPSA) is 37.8 Å². The van der Waals surface area contributed by atoms with Crippen LogP contribution in [0, 0.1) is 5.82 Å². The number of hydrogen-bond acceptors (Lipinski definition) is 3. The zero-order valence-corrected chi connectivity index (χ0v) is 7.83. The fraction of sp³-hybridized carbons (Fsp3) is 0.600. The van der Waals surface area contributed by atoms with Crippen molar-refractivity contribution in [3.8, 4) is 0 Å². The lowest BCUT2D eigenvalue weighted by Crippen LogP contribution is -2.08. The minimum atomic E-state index is -0.234. The molecule has 2 aliphatic carbocycles. The van der Waals surface area contributed by atoms with Crippen molar-refractivity contribution in [1.82, 2.24) is 9.97 Å². The van der Waals surface area contributed by atoms with Crippen molar-refractivity contribution in [2.45, 2.75) is 37.6 Å². The Morgan fingerprint density at radius 3 is 2.64 bits per heavy atom. The van der Waals surface area contributed by atoms with E-state index in [4.69, 9.17) is 0 Å². The molecular formula is C10H12FN3.